The van der Waals surface area contributed by atoms with Crippen LogP contribution < -0.4 is 10.6 Å². The van der Waals surface area contributed by atoms with Gasteiger partial charge in [0.05, 0.1) is 11.4 Å². The van der Waals surface area contributed by atoms with Crippen LogP contribution in [-0.4, -0.2) is 28.8 Å². The number of piperidine rings is 1. The van der Waals surface area contributed by atoms with Crippen molar-refractivity contribution in [2.75, 3.05) is 13.1 Å². The number of hydrogen-bond donors (Lipinski definition) is 2. The van der Waals surface area contributed by atoms with E-state index in [9.17, 15) is 9.18 Å². The maximum absolute atomic E-state index is 13.0. The number of benzene rings is 1. The quantitative estimate of drug-likeness (QED) is 0.897. The van der Waals surface area contributed by atoms with Crippen molar-refractivity contribution < 1.29 is 9.18 Å². The molecule has 1 unspecified atom stereocenters. The zero-order valence-corrected chi connectivity index (χ0v) is 14.4. The lowest BCUT2D eigenvalue weighted by atomic mass is 9.92. The second-order valence-electron chi connectivity index (χ2n) is 7.25. The summed E-state index contributed by atoms with van der Waals surface area (Å²) in [5, 5.41) is 10.9. The summed E-state index contributed by atoms with van der Waals surface area (Å²) in [6, 6.07) is 6.21. The van der Waals surface area contributed by atoms with Gasteiger partial charge in [-0.2, -0.15) is 5.10 Å². The van der Waals surface area contributed by atoms with E-state index in [4.69, 9.17) is 0 Å². The molecule has 25 heavy (non-hydrogen) atoms. The van der Waals surface area contributed by atoms with E-state index in [2.05, 4.69) is 15.7 Å². The van der Waals surface area contributed by atoms with Crippen LogP contribution in [0.4, 0.5) is 4.39 Å². The van der Waals surface area contributed by atoms with Gasteiger partial charge in [0.2, 0.25) is 5.91 Å². The molecule has 4 rings (SSSR count). The Morgan fingerprint density at radius 3 is 2.80 bits per heavy atom. The largest absolute Gasteiger partial charge is 0.352 e. The molecule has 2 aromatic rings. The van der Waals surface area contributed by atoms with Gasteiger partial charge in [0.1, 0.15) is 5.82 Å². The predicted octanol–water partition coefficient (Wildman–Crippen LogP) is 2.33. The van der Waals surface area contributed by atoms with Gasteiger partial charge in [-0.25, -0.2) is 9.07 Å². The number of aryl methyl sites for hydroxylation is 1. The van der Waals surface area contributed by atoms with Gasteiger partial charge in [0.15, 0.2) is 0 Å². The van der Waals surface area contributed by atoms with Crippen LogP contribution in [0.1, 0.15) is 30.5 Å². The number of nitrogens with one attached hydrogen (secondary N) is 2. The second kappa shape index (κ2) is 6.26. The minimum atomic E-state index is -0.267. The summed E-state index contributed by atoms with van der Waals surface area (Å²) in [4.78, 5) is 12.5. The first kappa shape index (κ1) is 16.3. The van der Waals surface area contributed by atoms with Crippen LogP contribution in [0.25, 0.3) is 5.69 Å². The third kappa shape index (κ3) is 3.18. The van der Waals surface area contributed by atoms with Crippen LogP contribution in [0.5, 0.6) is 0 Å². The van der Waals surface area contributed by atoms with E-state index >= 15 is 0 Å². The highest BCUT2D eigenvalue weighted by Gasteiger charge is 2.57. The molecular weight excluding hydrogens is 319 g/mol. The van der Waals surface area contributed by atoms with Crippen molar-refractivity contribution in [3.63, 3.8) is 0 Å². The lowest BCUT2D eigenvalue weighted by Crippen LogP contribution is -2.33. The Bertz CT molecular complexity index is 777. The molecule has 2 heterocycles. The van der Waals surface area contributed by atoms with Crippen molar-refractivity contribution in [2.45, 2.75) is 32.7 Å². The van der Waals surface area contributed by atoms with Gasteiger partial charge in [-0.1, -0.05) is 0 Å². The van der Waals surface area contributed by atoms with E-state index < -0.39 is 0 Å². The number of carbonyl (C=O) groups is 1. The topological polar surface area (TPSA) is 59.0 Å². The zero-order valence-electron chi connectivity index (χ0n) is 14.4. The van der Waals surface area contributed by atoms with E-state index in [1.54, 1.807) is 16.8 Å². The minimum absolute atomic E-state index is 0.163. The van der Waals surface area contributed by atoms with Gasteiger partial charge in [0.25, 0.3) is 0 Å². The highest BCUT2D eigenvalue weighted by molar-refractivity contribution is 5.82. The van der Waals surface area contributed by atoms with Gasteiger partial charge >= 0.3 is 0 Å². The molecule has 1 aromatic heterocycles. The fraction of sp³-hybridized carbons (Fsp3) is 0.474. The fourth-order valence-electron chi connectivity index (χ4n) is 3.90. The highest BCUT2D eigenvalue weighted by atomic mass is 19.1. The summed E-state index contributed by atoms with van der Waals surface area (Å²) in [6.07, 6.45) is 5.13. The van der Waals surface area contributed by atoms with Crippen molar-refractivity contribution in [3.8, 4) is 5.69 Å². The number of nitrogens with zero attached hydrogens (tertiary/aromatic N) is 2. The molecule has 5 nitrogen and oxygen atoms in total. The maximum atomic E-state index is 13.0. The average Bonchev–Trinajstić information content (AvgIpc) is 3.17. The Kier molecular flexibility index (Phi) is 4.07. The SMILES string of the molecule is Cc1nn(-c2ccc(F)cc2)cc1CNC(=O)C1CC12CCNCC2. The lowest BCUT2D eigenvalue weighted by Gasteiger charge is -2.23. The van der Waals surface area contributed by atoms with Crippen molar-refractivity contribution in [1.82, 2.24) is 20.4 Å². The third-order valence-electron chi connectivity index (χ3n) is 5.65. The summed E-state index contributed by atoms with van der Waals surface area (Å²) in [5.74, 6) is 0.0641. The molecule has 1 atom stereocenters. The van der Waals surface area contributed by atoms with Crippen molar-refractivity contribution in [3.05, 3.63) is 47.5 Å². The van der Waals surface area contributed by atoms with Crippen molar-refractivity contribution >= 4 is 5.91 Å². The first-order valence-corrected chi connectivity index (χ1v) is 8.87. The summed E-state index contributed by atoms with van der Waals surface area (Å²) in [6.45, 7) is 4.45. The maximum Gasteiger partial charge on any atom is 0.223 e. The lowest BCUT2D eigenvalue weighted by molar-refractivity contribution is -0.123. The minimum Gasteiger partial charge on any atom is -0.352 e. The molecule has 1 amide bonds. The Morgan fingerprint density at radius 2 is 2.08 bits per heavy atom. The number of rotatable bonds is 4. The number of halogens is 1. The molecular formula is C19H23FN4O. The third-order valence-corrected chi connectivity index (χ3v) is 5.65. The van der Waals surface area contributed by atoms with Crippen molar-refractivity contribution in [2.24, 2.45) is 11.3 Å². The Labute approximate surface area is 146 Å². The first-order valence-electron chi connectivity index (χ1n) is 8.87. The van der Waals surface area contributed by atoms with Crippen LogP contribution in [0.15, 0.2) is 30.5 Å². The molecule has 1 saturated heterocycles. The van der Waals surface area contributed by atoms with Crippen LogP contribution in [-0.2, 0) is 11.3 Å². The number of carbonyl (C=O) groups excluding carboxylic acids is 1. The first-order chi connectivity index (χ1) is 12.1. The normalized spacial score (nSPS) is 21.3. The molecule has 0 radical (unpaired) electrons. The zero-order chi connectivity index (χ0) is 17.4. The van der Waals surface area contributed by atoms with Gasteiger partial charge < -0.3 is 10.6 Å². The van der Waals surface area contributed by atoms with E-state index in [0.29, 0.717) is 6.54 Å². The summed E-state index contributed by atoms with van der Waals surface area (Å²) < 4.78 is 14.8. The Morgan fingerprint density at radius 1 is 1.36 bits per heavy atom. The molecule has 1 aliphatic carbocycles. The van der Waals surface area contributed by atoms with E-state index in [0.717, 1.165) is 49.3 Å². The fourth-order valence-corrected chi connectivity index (χ4v) is 3.90. The summed E-state index contributed by atoms with van der Waals surface area (Å²) >= 11 is 0. The molecule has 1 aromatic carbocycles. The van der Waals surface area contributed by atoms with Gasteiger partial charge in [0, 0.05) is 24.2 Å². The monoisotopic (exact) mass is 342 g/mol. The van der Waals surface area contributed by atoms with Gasteiger partial charge in [-0.3, -0.25) is 4.79 Å². The molecule has 1 aliphatic heterocycles. The van der Waals surface area contributed by atoms with Crippen LogP contribution >= 0.6 is 0 Å². The molecule has 132 valence electrons. The van der Waals surface area contributed by atoms with E-state index in [1.165, 1.54) is 12.1 Å². The standard InChI is InChI=1S/C19H23FN4O/c1-13-14(12-24(23-13)16-4-2-15(20)3-5-16)11-22-18(25)17-10-19(17)6-8-21-9-7-19/h2-5,12,17,21H,6-11H2,1H3,(H,22,25). The highest BCUT2D eigenvalue weighted by Crippen LogP contribution is 2.58. The summed E-state index contributed by atoms with van der Waals surface area (Å²) in [5.41, 5.74) is 2.91. The molecule has 2 fully saturated rings. The predicted molar refractivity (Wildman–Crippen MR) is 92.7 cm³/mol. The van der Waals surface area contributed by atoms with Gasteiger partial charge in [-0.15, -0.1) is 0 Å². The molecule has 0 bridgehead atoms. The molecule has 2 aliphatic rings. The smallest absolute Gasteiger partial charge is 0.223 e. The van der Waals surface area contributed by atoms with Crippen LogP contribution in [0.2, 0.25) is 0 Å². The molecule has 6 heteroatoms. The molecule has 1 spiro atoms. The number of hydrogen-bond acceptors (Lipinski definition) is 3. The van der Waals surface area contributed by atoms with Crippen molar-refractivity contribution in [1.29, 1.82) is 0 Å². The van der Waals surface area contributed by atoms with Crippen LogP contribution in [0, 0.1) is 24.1 Å². The second-order valence-corrected chi connectivity index (χ2v) is 7.25. The summed E-state index contributed by atoms with van der Waals surface area (Å²) in [7, 11) is 0. The molecule has 1 saturated carbocycles. The van der Waals surface area contributed by atoms with E-state index in [-0.39, 0.29) is 23.1 Å². The van der Waals surface area contributed by atoms with Gasteiger partial charge in [-0.05, 0) is 69.0 Å². The number of aromatic nitrogens is 2. The average molecular weight is 342 g/mol. The Hall–Kier alpha value is -2.21. The van der Waals surface area contributed by atoms with Crippen LogP contribution in [0.3, 0.4) is 0 Å². The number of amides is 1. The Balaban J connectivity index is 1.38. The molecule has 2 N–H and O–H groups in total. The van der Waals surface area contributed by atoms with E-state index in [1.807, 2.05) is 13.1 Å².